The predicted octanol–water partition coefficient (Wildman–Crippen LogP) is 3.03. The van der Waals surface area contributed by atoms with Crippen molar-refractivity contribution in [3.05, 3.63) is 41.5 Å². The van der Waals surface area contributed by atoms with Crippen LogP contribution in [0.25, 0.3) is 6.08 Å². The zero-order chi connectivity index (χ0) is 16.4. The van der Waals surface area contributed by atoms with E-state index in [-0.39, 0.29) is 17.9 Å². The van der Waals surface area contributed by atoms with E-state index >= 15 is 0 Å². The molecule has 0 aromatic heterocycles. The number of benzene rings is 1. The molecule has 22 heavy (non-hydrogen) atoms. The average molecular weight is 340 g/mol. The van der Waals surface area contributed by atoms with Gasteiger partial charge < -0.3 is 4.74 Å². The molecule has 0 radical (unpaired) electrons. The van der Waals surface area contributed by atoms with Gasteiger partial charge in [-0.2, -0.15) is 0 Å². The molecular weight excluding hydrogens is 314 g/mol. The Hall–Kier alpha value is -0.953. The van der Waals surface area contributed by atoms with Gasteiger partial charge in [0.25, 0.3) is 0 Å². The first-order chi connectivity index (χ1) is 10.2. The topological polar surface area (TPSA) is 55.4 Å². The SMILES string of the molecule is CO[C@H]1C=Cc2ccccc2[C@H]1NS(=O)(=O)CC[Si](C)(C)C. The number of hydrogen-bond donors (Lipinski definition) is 1. The van der Waals surface area contributed by atoms with Crippen molar-refractivity contribution in [2.45, 2.75) is 37.8 Å². The van der Waals surface area contributed by atoms with E-state index in [2.05, 4.69) is 24.4 Å². The number of hydrogen-bond acceptors (Lipinski definition) is 3. The lowest BCUT2D eigenvalue weighted by Crippen LogP contribution is -2.40. The number of sulfonamides is 1. The van der Waals surface area contributed by atoms with Crippen molar-refractivity contribution in [2.75, 3.05) is 12.9 Å². The van der Waals surface area contributed by atoms with Crippen LogP contribution >= 0.6 is 0 Å². The highest BCUT2D eigenvalue weighted by Gasteiger charge is 2.30. The largest absolute Gasteiger partial charge is 0.375 e. The fourth-order valence-electron chi connectivity index (χ4n) is 2.47. The summed E-state index contributed by atoms with van der Waals surface area (Å²) in [6.07, 6.45) is 3.61. The van der Waals surface area contributed by atoms with E-state index in [1.807, 2.05) is 36.4 Å². The Morgan fingerprint density at radius 2 is 1.91 bits per heavy atom. The fraction of sp³-hybridized carbons (Fsp3) is 0.500. The third-order valence-corrected chi connectivity index (χ3v) is 7.29. The molecule has 0 heterocycles. The molecule has 0 unspecified atom stereocenters. The van der Waals surface area contributed by atoms with Crippen molar-refractivity contribution in [1.82, 2.24) is 4.72 Å². The Kier molecular flexibility index (Phi) is 5.27. The molecule has 1 aliphatic carbocycles. The first kappa shape index (κ1) is 17.4. The molecule has 0 saturated heterocycles. The van der Waals surface area contributed by atoms with Gasteiger partial charge in [-0.1, -0.05) is 56.1 Å². The molecule has 6 heteroatoms. The van der Waals surface area contributed by atoms with Gasteiger partial charge in [0, 0.05) is 15.2 Å². The second-order valence-electron chi connectivity index (χ2n) is 6.91. The van der Waals surface area contributed by atoms with Gasteiger partial charge in [-0.25, -0.2) is 13.1 Å². The lowest BCUT2D eigenvalue weighted by atomic mass is 9.91. The van der Waals surface area contributed by atoms with Crippen LogP contribution in [0.2, 0.25) is 25.7 Å². The molecule has 1 N–H and O–H groups in total. The molecule has 2 atom stereocenters. The van der Waals surface area contributed by atoms with E-state index in [0.29, 0.717) is 0 Å². The Bertz CT molecular complexity index is 650. The normalized spacial score (nSPS) is 21.6. The number of nitrogens with one attached hydrogen (secondary N) is 1. The average Bonchev–Trinajstić information content (AvgIpc) is 2.45. The maximum atomic E-state index is 12.4. The summed E-state index contributed by atoms with van der Waals surface area (Å²) in [5.41, 5.74) is 2.00. The van der Waals surface area contributed by atoms with Crippen molar-refractivity contribution in [2.24, 2.45) is 0 Å². The maximum Gasteiger partial charge on any atom is 0.211 e. The molecule has 4 nitrogen and oxygen atoms in total. The van der Waals surface area contributed by atoms with Gasteiger partial charge in [-0.15, -0.1) is 0 Å². The smallest absolute Gasteiger partial charge is 0.211 e. The van der Waals surface area contributed by atoms with Gasteiger partial charge in [0.2, 0.25) is 10.0 Å². The molecule has 2 rings (SSSR count). The molecule has 122 valence electrons. The van der Waals surface area contributed by atoms with Gasteiger partial charge in [0.1, 0.15) is 0 Å². The highest BCUT2D eigenvalue weighted by atomic mass is 32.2. The molecule has 0 spiro atoms. The van der Waals surface area contributed by atoms with E-state index in [1.54, 1.807) is 7.11 Å². The molecule has 0 amide bonds. The summed E-state index contributed by atoms with van der Waals surface area (Å²) in [6.45, 7) is 6.54. The third-order valence-electron chi connectivity index (χ3n) is 3.82. The summed E-state index contributed by atoms with van der Waals surface area (Å²) in [6, 6.07) is 8.21. The van der Waals surface area contributed by atoms with E-state index in [1.165, 1.54) is 0 Å². The van der Waals surface area contributed by atoms with Crippen LogP contribution in [0.4, 0.5) is 0 Å². The van der Waals surface area contributed by atoms with Crippen LogP contribution in [0, 0.1) is 0 Å². The standard InChI is InChI=1S/C16H25NO3SSi/c1-20-15-10-9-13-7-5-6-8-14(13)16(15)17-21(18,19)11-12-22(2,3)4/h5-10,15-17H,11-12H2,1-4H3/t15-,16+/m0/s1. The second kappa shape index (κ2) is 6.66. The van der Waals surface area contributed by atoms with Crippen molar-refractivity contribution in [1.29, 1.82) is 0 Å². The zero-order valence-electron chi connectivity index (χ0n) is 13.7. The number of rotatable bonds is 6. The van der Waals surface area contributed by atoms with E-state index in [4.69, 9.17) is 4.74 Å². The monoisotopic (exact) mass is 339 g/mol. The van der Waals surface area contributed by atoms with Gasteiger partial charge >= 0.3 is 0 Å². The Labute approximate surface area is 134 Å². The van der Waals surface area contributed by atoms with Crippen LogP contribution in [0.5, 0.6) is 0 Å². The highest BCUT2D eigenvalue weighted by Crippen LogP contribution is 2.30. The van der Waals surface area contributed by atoms with Gasteiger partial charge in [0.15, 0.2) is 0 Å². The fourth-order valence-corrected chi connectivity index (χ4v) is 6.76. The molecule has 1 aromatic carbocycles. The van der Waals surface area contributed by atoms with Gasteiger partial charge in [-0.3, -0.25) is 0 Å². The van der Waals surface area contributed by atoms with Crippen molar-refractivity contribution >= 4 is 24.2 Å². The van der Waals surface area contributed by atoms with Crippen LogP contribution in [0.1, 0.15) is 17.2 Å². The quantitative estimate of drug-likeness (QED) is 0.811. The summed E-state index contributed by atoms with van der Waals surface area (Å²) >= 11 is 0. The molecule has 0 fully saturated rings. The van der Waals surface area contributed by atoms with Crippen molar-refractivity contribution < 1.29 is 13.2 Å². The Morgan fingerprint density at radius 3 is 2.55 bits per heavy atom. The molecular formula is C16H25NO3SSi. The Morgan fingerprint density at radius 1 is 1.23 bits per heavy atom. The number of ether oxygens (including phenoxy) is 1. The summed E-state index contributed by atoms with van der Waals surface area (Å²) in [5.74, 6) is 0.182. The van der Waals surface area contributed by atoms with Crippen LogP contribution in [0.3, 0.4) is 0 Å². The first-order valence-corrected chi connectivity index (χ1v) is 12.9. The minimum absolute atomic E-state index is 0.182. The van der Waals surface area contributed by atoms with E-state index < -0.39 is 18.1 Å². The van der Waals surface area contributed by atoms with E-state index in [0.717, 1.165) is 17.2 Å². The van der Waals surface area contributed by atoms with Gasteiger partial charge in [-0.05, 0) is 17.2 Å². The second-order valence-corrected chi connectivity index (χ2v) is 14.4. The van der Waals surface area contributed by atoms with Gasteiger partial charge in [0.05, 0.1) is 17.9 Å². The zero-order valence-corrected chi connectivity index (χ0v) is 15.5. The molecule has 1 aliphatic rings. The predicted molar refractivity (Wildman–Crippen MR) is 94.1 cm³/mol. The summed E-state index contributed by atoms with van der Waals surface area (Å²) in [4.78, 5) is 0. The van der Waals surface area contributed by atoms with Crippen LogP contribution in [-0.4, -0.2) is 35.5 Å². The highest BCUT2D eigenvalue weighted by molar-refractivity contribution is 7.89. The molecule has 0 aliphatic heterocycles. The van der Waals surface area contributed by atoms with Crippen LogP contribution in [0.15, 0.2) is 30.3 Å². The minimum atomic E-state index is -3.33. The lowest BCUT2D eigenvalue weighted by molar-refractivity contribution is 0.112. The molecule has 0 bridgehead atoms. The molecule has 0 saturated carbocycles. The lowest BCUT2D eigenvalue weighted by Gasteiger charge is -2.29. The third kappa shape index (κ3) is 4.52. The molecule has 1 aromatic rings. The van der Waals surface area contributed by atoms with Crippen molar-refractivity contribution in [3.63, 3.8) is 0 Å². The van der Waals surface area contributed by atoms with Crippen LogP contribution < -0.4 is 4.72 Å². The Balaban J connectivity index is 2.21. The summed E-state index contributed by atoms with van der Waals surface area (Å²) in [7, 11) is -3.12. The van der Waals surface area contributed by atoms with Crippen LogP contribution in [-0.2, 0) is 14.8 Å². The maximum absolute atomic E-state index is 12.4. The minimum Gasteiger partial charge on any atom is -0.375 e. The summed E-state index contributed by atoms with van der Waals surface area (Å²) < 4.78 is 33.2. The first-order valence-electron chi connectivity index (χ1n) is 7.52. The van der Waals surface area contributed by atoms with E-state index in [9.17, 15) is 8.42 Å². The van der Waals surface area contributed by atoms with Crippen molar-refractivity contribution in [3.8, 4) is 0 Å². The number of methoxy groups -OCH3 is 1. The summed E-state index contributed by atoms with van der Waals surface area (Å²) in [5, 5.41) is 0. The number of fused-ring (bicyclic) bond motifs is 1.